The van der Waals surface area contributed by atoms with E-state index in [9.17, 15) is 0 Å². The van der Waals surface area contributed by atoms with E-state index >= 15 is 0 Å². The Bertz CT molecular complexity index is 2070. The maximum atomic E-state index is 3.74. The fourth-order valence-corrected chi connectivity index (χ4v) is 6.74. The van der Waals surface area contributed by atoms with Gasteiger partial charge in [0.05, 0.1) is 5.52 Å². The second-order valence-electron chi connectivity index (χ2n) is 11.5. The first-order valence-electron chi connectivity index (χ1n) is 16.0. The Morgan fingerprint density at radius 1 is 0.409 bits per heavy atom. The molecule has 1 heterocycles. The third-order valence-corrected chi connectivity index (χ3v) is 8.81. The molecule has 44 heavy (non-hydrogen) atoms. The van der Waals surface area contributed by atoms with Gasteiger partial charge in [-0.15, -0.1) is 0 Å². The minimum atomic E-state index is 0.0193. The molecule has 0 saturated heterocycles. The van der Waals surface area contributed by atoms with Crippen molar-refractivity contribution in [2.75, 3.05) is 0 Å². The number of para-hydroxylation sites is 1. The smallest absolute Gasteiger partial charge is 0.0544 e. The number of hydrogen-bond donors (Lipinski definition) is 1. The number of benzene rings is 6. The average Bonchev–Trinajstić information content (AvgIpc) is 3.58. The van der Waals surface area contributed by atoms with Crippen LogP contribution in [-0.2, 0) is 5.41 Å². The Hall–Kier alpha value is -4.88. The van der Waals surface area contributed by atoms with Crippen molar-refractivity contribution in [3.05, 3.63) is 145 Å². The number of H-pyrrole nitrogens is 1. The molecule has 1 aliphatic carbocycles. The normalized spacial score (nSPS) is 12.5. The minimum absolute atomic E-state index is 0.0193. The van der Waals surface area contributed by atoms with Gasteiger partial charge in [0.25, 0.3) is 0 Å². The molecule has 1 aromatic heterocycles. The van der Waals surface area contributed by atoms with E-state index in [2.05, 4.69) is 152 Å². The first-order chi connectivity index (χ1) is 21.6. The van der Waals surface area contributed by atoms with Crippen LogP contribution in [0, 0.1) is 0 Å². The highest BCUT2D eigenvalue weighted by Crippen LogP contribution is 2.49. The molecule has 1 nitrogen and oxygen atoms in total. The van der Waals surface area contributed by atoms with Crippen molar-refractivity contribution < 1.29 is 0 Å². The zero-order valence-corrected chi connectivity index (χ0v) is 26.7. The second kappa shape index (κ2) is 12.0. The van der Waals surface area contributed by atoms with Gasteiger partial charge in [-0.3, -0.25) is 0 Å². The lowest BCUT2D eigenvalue weighted by Crippen LogP contribution is -2.14. The summed E-state index contributed by atoms with van der Waals surface area (Å²) in [6.45, 7) is 12.7. The zero-order chi connectivity index (χ0) is 30.8. The summed E-state index contributed by atoms with van der Waals surface area (Å²) in [6, 6.07) is 48.9. The van der Waals surface area contributed by atoms with Gasteiger partial charge in [0.15, 0.2) is 0 Å². The molecule has 0 bridgehead atoms. The average molecular weight is 572 g/mol. The molecular weight excluding hydrogens is 530 g/mol. The maximum absolute atomic E-state index is 3.74. The van der Waals surface area contributed by atoms with E-state index in [1.807, 2.05) is 27.7 Å². The fraction of sp³-hybridized carbons (Fsp3) is 0.163. The third kappa shape index (κ3) is 4.83. The largest absolute Gasteiger partial charge is 0.354 e. The van der Waals surface area contributed by atoms with Crippen LogP contribution < -0.4 is 0 Å². The molecular formula is C43H41N. The summed E-state index contributed by atoms with van der Waals surface area (Å²) in [5.74, 6) is 0. The number of hydrogen-bond acceptors (Lipinski definition) is 0. The molecule has 0 unspecified atom stereocenters. The monoisotopic (exact) mass is 571 g/mol. The van der Waals surface area contributed by atoms with E-state index in [1.165, 1.54) is 77.4 Å². The quantitative estimate of drug-likeness (QED) is 0.217. The van der Waals surface area contributed by atoms with Gasteiger partial charge in [-0.1, -0.05) is 145 Å². The molecule has 7 aromatic rings. The molecule has 0 radical (unpaired) electrons. The van der Waals surface area contributed by atoms with Gasteiger partial charge in [0.2, 0.25) is 0 Å². The molecule has 1 aliphatic rings. The molecule has 1 heteroatoms. The Morgan fingerprint density at radius 2 is 1.02 bits per heavy atom. The Balaban J connectivity index is 0.000000826. The summed E-state index contributed by atoms with van der Waals surface area (Å²) in [5, 5.41) is 2.52. The minimum Gasteiger partial charge on any atom is -0.354 e. The van der Waals surface area contributed by atoms with Gasteiger partial charge >= 0.3 is 0 Å². The SMILES string of the molecule is CC.CC.CC1(C)c2ccccc2-c2cc(-c3cccc(-c4cc(-c5ccccc5)cc5c4[nH]c4ccccc45)c3)ccc21. The number of nitrogens with one attached hydrogen (secondary N) is 1. The molecule has 0 atom stereocenters. The number of aromatic amines is 1. The Kier molecular flexibility index (Phi) is 7.97. The van der Waals surface area contributed by atoms with Gasteiger partial charge in [-0.25, -0.2) is 0 Å². The van der Waals surface area contributed by atoms with Gasteiger partial charge < -0.3 is 4.98 Å². The lowest BCUT2D eigenvalue weighted by molar-refractivity contribution is 0.660. The van der Waals surface area contributed by atoms with E-state index in [0.717, 1.165) is 0 Å². The van der Waals surface area contributed by atoms with Gasteiger partial charge in [-0.05, 0) is 80.4 Å². The standard InChI is InChI=1S/C39H29N.2C2H6/c1-39(2)35-17-8-6-15-30(35)33-22-27(19-20-36(33)39)26-13-10-14-28(21-26)32-23-29(25-11-4-3-5-12-25)24-34-31-16-7-9-18-37(31)40-38(32)34;2*1-2/h3-24,40H,1-2H3;2*1-2H3. The number of rotatable bonds is 3. The summed E-state index contributed by atoms with van der Waals surface area (Å²) in [5.41, 5.74) is 15.3. The first kappa shape index (κ1) is 29.2. The fourth-order valence-electron chi connectivity index (χ4n) is 6.74. The van der Waals surface area contributed by atoms with Crippen LogP contribution in [0.2, 0.25) is 0 Å². The van der Waals surface area contributed by atoms with E-state index in [4.69, 9.17) is 0 Å². The summed E-state index contributed by atoms with van der Waals surface area (Å²) in [7, 11) is 0. The number of fused-ring (bicyclic) bond motifs is 6. The zero-order valence-electron chi connectivity index (χ0n) is 26.7. The van der Waals surface area contributed by atoms with Crippen LogP contribution >= 0.6 is 0 Å². The van der Waals surface area contributed by atoms with Crippen molar-refractivity contribution in [3.8, 4) is 44.5 Å². The van der Waals surface area contributed by atoms with Crippen LogP contribution in [0.1, 0.15) is 52.7 Å². The van der Waals surface area contributed by atoms with Crippen LogP contribution in [0.25, 0.3) is 66.3 Å². The molecule has 8 rings (SSSR count). The van der Waals surface area contributed by atoms with Crippen molar-refractivity contribution in [2.45, 2.75) is 47.0 Å². The van der Waals surface area contributed by atoms with Gasteiger partial charge in [0.1, 0.15) is 0 Å². The van der Waals surface area contributed by atoms with Crippen molar-refractivity contribution >= 4 is 21.8 Å². The van der Waals surface area contributed by atoms with Crippen LogP contribution in [0.5, 0.6) is 0 Å². The van der Waals surface area contributed by atoms with E-state index in [-0.39, 0.29) is 5.41 Å². The molecule has 0 aliphatic heterocycles. The summed E-state index contributed by atoms with van der Waals surface area (Å²) in [6.07, 6.45) is 0. The van der Waals surface area contributed by atoms with Crippen molar-refractivity contribution in [1.29, 1.82) is 0 Å². The molecule has 218 valence electrons. The van der Waals surface area contributed by atoms with Crippen LogP contribution in [-0.4, -0.2) is 4.98 Å². The molecule has 0 saturated carbocycles. The van der Waals surface area contributed by atoms with Crippen molar-refractivity contribution in [1.82, 2.24) is 4.98 Å². The van der Waals surface area contributed by atoms with Crippen molar-refractivity contribution in [2.24, 2.45) is 0 Å². The van der Waals surface area contributed by atoms with Crippen LogP contribution in [0.3, 0.4) is 0 Å². The topological polar surface area (TPSA) is 15.8 Å². The lowest BCUT2D eigenvalue weighted by Gasteiger charge is -2.21. The molecule has 6 aromatic carbocycles. The summed E-state index contributed by atoms with van der Waals surface area (Å²) < 4.78 is 0. The molecule has 0 spiro atoms. The van der Waals surface area contributed by atoms with Gasteiger partial charge in [-0.2, -0.15) is 0 Å². The summed E-state index contributed by atoms with van der Waals surface area (Å²) >= 11 is 0. The lowest BCUT2D eigenvalue weighted by atomic mass is 9.82. The highest BCUT2D eigenvalue weighted by Gasteiger charge is 2.35. The third-order valence-electron chi connectivity index (χ3n) is 8.81. The highest BCUT2D eigenvalue weighted by molar-refractivity contribution is 6.13. The van der Waals surface area contributed by atoms with E-state index < -0.39 is 0 Å². The Morgan fingerprint density at radius 3 is 1.84 bits per heavy atom. The predicted octanol–water partition coefficient (Wildman–Crippen LogP) is 12.7. The molecule has 1 N–H and O–H groups in total. The summed E-state index contributed by atoms with van der Waals surface area (Å²) in [4.78, 5) is 3.74. The van der Waals surface area contributed by atoms with Crippen molar-refractivity contribution in [3.63, 3.8) is 0 Å². The predicted molar refractivity (Wildman–Crippen MR) is 192 cm³/mol. The second-order valence-corrected chi connectivity index (χ2v) is 11.5. The number of aromatic nitrogens is 1. The maximum Gasteiger partial charge on any atom is 0.0544 e. The van der Waals surface area contributed by atoms with Crippen LogP contribution in [0.15, 0.2) is 133 Å². The highest BCUT2D eigenvalue weighted by atomic mass is 14.7. The molecule has 0 amide bonds. The van der Waals surface area contributed by atoms with Gasteiger partial charge in [0, 0.05) is 27.3 Å². The van der Waals surface area contributed by atoms with E-state index in [0.29, 0.717) is 0 Å². The molecule has 0 fully saturated rings. The first-order valence-corrected chi connectivity index (χ1v) is 16.0. The Labute approximate surface area is 262 Å². The van der Waals surface area contributed by atoms with E-state index in [1.54, 1.807) is 0 Å². The van der Waals surface area contributed by atoms with Crippen LogP contribution in [0.4, 0.5) is 0 Å².